The number of nitrogens with zero attached hydrogens (tertiary/aromatic N) is 4. The van der Waals surface area contributed by atoms with E-state index < -0.39 is 4.92 Å². The van der Waals surface area contributed by atoms with Crippen LogP contribution in [0.15, 0.2) is 93.2 Å². The lowest BCUT2D eigenvalue weighted by Gasteiger charge is -2.10. The third-order valence-electron chi connectivity index (χ3n) is 6.11. The van der Waals surface area contributed by atoms with E-state index in [1.54, 1.807) is 24.3 Å². The monoisotopic (exact) mass is 570 g/mol. The zero-order valence-electron chi connectivity index (χ0n) is 20.5. The standard InChI is InChI=1S/C29H23BrN4O4/c1-2-6-28-32-25-13-12-22(30)16-24(25)29(35)33(28)31-17-19-11-14-27(26(15-19)34(36)37)38-18-21-9-5-8-20-7-3-4-10-23(20)21/h3-5,7-17H,2,6,18H2,1H3. The van der Waals surface area contributed by atoms with Gasteiger partial charge in [0.1, 0.15) is 12.4 Å². The fourth-order valence-electron chi connectivity index (χ4n) is 4.28. The van der Waals surface area contributed by atoms with Crippen molar-refractivity contribution in [1.29, 1.82) is 0 Å². The second kappa shape index (κ2) is 10.9. The van der Waals surface area contributed by atoms with Crippen molar-refractivity contribution in [1.82, 2.24) is 9.66 Å². The number of nitro benzene ring substituents is 1. The Hall–Kier alpha value is -4.37. The molecule has 0 N–H and O–H groups in total. The summed E-state index contributed by atoms with van der Waals surface area (Å²) in [5, 5.41) is 18.8. The van der Waals surface area contributed by atoms with Crippen LogP contribution in [-0.4, -0.2) is 20.8 Å². The van der Waals surface area contributed by atoms with E-state index >= 15 is 0 Å². The Bertz CT molecular complexity index is 1760. The number of fused-ring (bicyclic) bond motifs is 2. The van der Waals surface area contributed by atoms with Crippen LogP contribution in [0.25, 0.3) is 21.7 Å². The summed E-state index contributed by atoms with van der Waals surface area (Å²) in [7, 11) is 0. The minimum Gasteiger partial charge on any atom is -0.482 e. The van der Waals surface area contributed by atoms with Crippen LogP contribution >= 0.6 is 15.9 Å². The fourth-order valence-corrected chi connectivity index (χ4v) is 4.64. The van der Waals surface area contributed by atoms with Crippen molar-refractivity contribution < 1.29 is 9.66 Å². The molecule has 8 nitrogen and oxygen atoms in total. The Morgan fingerprint density at radius 2 is 1.87 bits per heavy atom. The van der Waals surface area contributed by atoms with Gasteiger partial charge in [-0.2, -0.15) is 9.78 Å². The first-order valence-corrected chi connectivity index (χ1v) is 12.9. The van der Waals surface area contributed by atoms with E-state index in [0.29, 0.717) is 28.7 Å². The molecule has 1 heterocycles. The first-order valence-electron chi connectivity index (χ1n) is 12.1. The number of benzene rings is 4. The quantitative estimate of drug-likeness (QED) is 0.118. The third kappa shape index (κ3) is 5.19. The predicted octanol–water partition coefficient (Wildman–Crippen LogP) is 6.63. The van der Waals surface area contributed by atoms with Gasteiger partial charge in [-0.3, -0.25) is 14.9 Å². The molecule has 0 radical (unpaired) electrons. The Kier molecular flexibility index (Phi) is 7.28. The summed E-state index contributed by atoms with van der Waals surface area (Å²) >= 11 is 3.39. The van der Waals surface area contributed by atoms with Gasteiger partial charge in [-0.25, -0.2) is 4.98 Å². The summed E-state index contributed by atoms with van der Waals surface area (Å²) < 4.78 is 7.90. The summed E-state index contributed by atoms with van der Waals surface area (Å²) in [6, 6.07) is 23.7. The Labute approximate surface area is 226 Å². The molecule has 0 saturated carbocycles. The lowest BCUT2D eigenvalue weighted by molar-refractivity contribution is -0.385. The molecule has 0 saturated heterocycles. The Morgan fingerprint density at radius 3 is 2.68 bits per heavy atom. The molecule has 0 unspecified atom stereocenters. The first kappa shape index (κ1) is 25.3. The number of nitro groups is 1. The van der Waals surface area contributed by atoms with Gasteiger partial charge in [0.2, 0.25) is 0 Å². The summed E-state index contributed by atoms with van der Waals surface area (Å²) in [5.74, 6) is 0.675. The number of hydrogen-bond acceptors (Lipinski definition) is 6. The van der Waals surface area contributed by atoms with Crippen molar-refractivity contribution in [3.8, 4) is 5.75 Å². The molecule has 0 aliphatic heterocycles. The van der Waals surface area contributed by atoms with Crippen LogP contribution in [0.5, 0.6) is 5.75 Å². The molecule has 0 atom stereocenters. The molecule has 4 aromatic carbocycles. The fraction of sp³-hybridized carbons (Fsp3) is 0.138. The van der Waals surface area contributed by atoms with Gasteiger partial charge in [0.05, 0.1) is 22.0 Å². The van der Waals surface area contributed by atoms with E-state index in [1.807, 2.05) is 55.5 Å². The van der Waals surface area contributed by atoms with Crippen molar-refractivity contribution in [3.63, 3.8) is 0 Å². The van der Waals surface area contributed by atoms with Gasteiger partial charge in [-0.1, -0.05) is 65.3 Å². The SMILES string of the molecule is CCCc1nc2ccc(Br)cc2c(=O)n1N=Cc1ccc(OCc2cccc3ccccc23)c([N+](=O)[O-])c1. The highest BCUT2D eigenvalue weighted by atomic mass is 79.9. The average Bonchev–Trinajstić information content (AvgIpc) is 2.92. The number of aromatic nitrogens is 2. The number of rotatable bonds is 8. The summed E-state index contributed by atoms with van der Waals surface area (Å²) in [5.41, 5.74) is 1.49. The Morgan fingerprint density at radius 1 is 1.05 bits per heavy atom. The molecule has 5 rings (SSSR count). The van der Waals surface area contributed by atoms with Crippen LogP contribution in [0.3, 0.4) is 0 Å². The zero-order chi connectivity index (χ0) is 26.6. The van der Waals surface area contributed by atoms with Gasteiger partial charge in [0.25, 0.3) is 5.56 Å². The molecular weight excluding hydrogens is 548 g/mol. The van der Waals surface area contributed by atoms with Crippen LogP contribution in [-0.2, 0) is 13.0 Å². The first-order chi connectivity index (χ1) is 18.4. The maximum absolute atomic E-state index is 13.2. The van der Waals surface area contributed by atoms with E-state index in [0.717, 1.165) is 27.2 Å². The van der Waals surface area contributed by atoms with Crippen LogP contribution in [0, 0.1) is 10.1 Å². The van der Waals surface area contributed by atoms with Crippen LogP contribution < -0.4 is 10.3 Å². The molecule has 38 heavy (non-hydrogen) atoms. The highest BCUT2D eigenvalue weighted by Gasteiger charge is 2.17. The van der Waals surface area contributed by atoms with Crippen molar-refractivity contribution in [2.45, 2.75) is 26.4 Å². The number of aryl methyl sites for hydroxylation is 1. The molecular formula is C29H23BrN4O4. The molecule has 1 aromatic heterocycles. The normalized spacial score (nSPS) is 11.4. The molecule has 0 aliphatic carbocycles. The summed E-state index contributed by atoms with van der Waals surface area (Å²) in [4.78, 5) is 29.2. The summed E-state index contributed by atoms with van der Waals surface area (Å²) in [6.45, 7) is 2.18. The average molecular weight is 571 g/mol. The highest BCUT2D eigenvalue weighted by molar-refractivity contribution is 9.10. The zero-order valence-corrected chi connectivity index (χ0v) is 22.1. The maximum atomic E-state index is 13.2. The van der Waals surface area contributed by atoms with Crippen molar-refractivity contribution in [3.05, 3.63) is 121 Å². The van der Waals surface area contributed by atoms with Crippen LogP contribution in [0.1, 0.15) is 30.3 Å². The predicted molar refractivity (Wildman–Crippen MR) is 152 cm³/mol. The van der Waals surface area contributed by atoms with Gasteiger partial charge >= 0.3 is 5.69 Å². The largest absolute Gasteiger partial charge is 0.482 e. The van der Waals surface area contributed by atoms with Gasteiger partial charge in [-0.15, -0.1) is 0 Å². The van der Waals surface area contributed by atoms with Gasteiger partial charge in [0, 0.05) is 22.5 Å². The van der Waals surface area contributed by atoms with Crippen LogP contribution in [0.4, 0.5) is 5.69 Å². The van der Waals surface area contributed by atoms with Crippen molar-refractivity contribution in [2.75, 3.05) is 0 Å². The van der Waals surface area contributed by atoms with E-state index in [-0.39, 0.29) is 23.6 Å². The van der Waals surface area contributed by atoms with Gasteiger partial charge in [0.15, 0.2) is 5.75 Å². The van der Waals surface area contributed by atoms with Gasteiger partial charge < -0.3 is 4.74 Å². The number of halogens is 1. The second-order valence-corrected chi connectivity index (χ2v) is 9.63. The molecule has 5 aromatic rings. The molecule has 0 amide bonds. The van der Waals surface area contributed by atoms with E-state index in [1.165, 1.54) is 17.0 Å². The van der Waals surface area contributed by atoms with Crippen molar-refractivity contribution >= 4 is 49.5 Å². The molecule has 0 fully saturated rings. The van der Waals surface area contributed by atoms with Crippen LogP contribution in [0.2, 0.25) is 0 Å². The lowest BCUT2D eigenvalue weighted by atomic mass is 10.1. The number of hydrogen-bond donors (Lipinski definition) is 0. The van der Waals surface area contributed by atoms with Crippen molar-refractivity contribution in [2.24, 2.45) is 5.10 Å². The Balaban J connectivity index is 1.46. The van der Waals surface area contributed by atoms with E-state index in [2.05, 4.69) is 26.0 Å². The smallest absolute Gasteiger partial charge is 0.311 e. The molecule has 0 spiro atoms. The molecule has 9 heteroatoms. The molecule has 0 bridgehead atoms. The van der Waals surface area contributed by atoms with E-state index in [4.69, 9.17) is 4.74 Å². The second-order valence-electron chi connectivity index (χ2n) is 8.71. The number of ether oxygens (including phenoxy) is 1. The molecule has 190 valence electrons. The molecule has 0 aliphatic rings. The third-order valence-corrected chi connectivity index (χ3v) is 6.61. The highest BCUT2D eigenvalue weighted by Crippen LogP contribution is 2.29. The lowest BCUT2D eigenvalue weighted by Crippen LogP contribution is -2.22. The van der Waals surface area contributed by atoms with E-state index in [9.17, 15) is 14.9 Å². The van der Waals surface area contributed by atoms with Gasteiger partial charge in [-0.05, 0) is 53.1 Å². The minimum atomic E-state index is -0.487. The minimum absolute atomic E-state index is 0.154. The summed E-state index contributed by atoms with van der Waals surface area (Å²) in [6.07, 6.45) is 2.76. The topological polar surface area (TPSA) is 99.6 Å². The maximum Gasteiger partial charge on any atom is 0.311 e.